The van der Waals surface area contributed by atoms with Crippen LogP contribution >= 0.6 is 0 Å². The molecule has 0 unspecified atom stereocenters. The van der Waals surface area contributed by atoms with E-state index < -0.39 is 66.3 Å². The monoisotopic (exact) mass is 625 g/mol. The summed E-state index contributed by atoms with van der Waals surface area (Å²) < 4.78 is 5.51. The summed E-state index contributed by atoms with van der Waals surface area (Å²) in [4.78, 5) is 73.0. The van der Waals surface area contributed by atoms with E-state index in [1.165, 1.54) is 0 Å². The summed E-state index contributed by atoms with van der Waals surface area (Å²) in [5.74, 6) is -4.88. The summed E-state index contributed by atoms with van der Waals surface area (Å²) in [6.07, 6.45) is -1.50. The Hall–Kier alpha value is -5.14. The zero-order valence-electron chi connectivity index (χ0n) is 25.1. The zero-order chi connectivity index (χ0) is 33.1. The molecule has 0 aliphatic heterocycles. The number of fused-ring (bicyclic) bond motifs is 3. The molecule has 0 aromatic heterocycles. The van der Waals surface area contributed by atoms with Crippen LogP contribution in [0.15, 0.2) is 48.5 Å². The molecule has 45 heavy (non-hydrogen) atoms. The summed E-state index contributed by atoms with van der Waals surface area (Å²) >= 11 is 0. The number of ether oxygens (including phenoxy) is 1. The van der Waals surface area contributed by atoms with Crippen LogP contribution in [0.1, 0.15) is 56.6 Å². The molecule has 0 saturated carbocycles. The van der Waals surface area contributed by atoms with Crippen LogP contribution in [0.3, 0.4) is 0 Å². The van der Waals surface area contributed by atoms with Gasteiger partial charge in [0, 0.05) is 18.9 Å². The molecular formula is C31H39N5O9. The lowest BCUT2D eigenvalue weighted by atomic mass is 9.98. The molecule has 0 bridgehead atoms. The maximum atomic E-state index is 13.3. The highest BCUT2D eigenvalue weighted by Crippen LogP contribution is 2.44. The number of alkyl carbamates (subject to hydrolysis) is 1. The molecule has 14 heteroatoms. The number of nitrogens with two attached hydrogens (primary N) is 1. The average Bonchev–Trinajstić information content (AvgIpc) is 3.31. The lowest BCUT2D eigenvalue weighted by Crippen LogP contribution is -2.57. The van der Waals surface area contributed by atoms with E-state index in [0.717, 1.165) is 22.3 Å². The Morgan fingerprint density at radius 3 is 1.96 bits per heavy atom. The SMILES string of the molecule is CC(C)[C@H](NC(=O)[C@H](CCC(=O)O)NC(=O)OCC1c2ccccc2-c2ccccc21)C(=O)N[C@@H](CCCNC(N)=O)C(=O)O. The van der Waals surface area contributed by atoms with Crippen LogP contribution in [0.25, 0.3) is 11.1 Å². The summed E-state index contributed by atoms with van der Waals surface area (Å²) in [5, 5.41) is 28.4. The highest BCUT2D eigenvalue weighted by molar-refractivity contribution is 5.93. The Bertz CT molecular complexity index is 1370. The fourth-order valence-electron chi connectivity index (χ4n) is 5.14. The van der Waals surface area contributed by atoms with E-state index >= 15 is 0 Å². The van der Waals surface area contributed by atoms with Gasteiger partial charge in [0.25, 0.3) is 0 Å². The minimum atomic E-state index is -1.36. The number of amides is 5. The standard InChI is InChI=1S/C31H39N5O9/c1-17(2)26(28(40)34-24(29(41)42)12-7-15-33-30(32)43)36-27(39)23(13-14-25(37)38)35-31(44)45-16-22-20-10-5-3-8-18(20)19-9-4-6-11-21(19)22/h3-6,8-11,17,22-24,26H,7,12-16H2,1-2H3,(H,34,40)(H,35,44)(H,36,39)(H,37,38)(H,41,42)(H3,32,33,43)/t23-,24-,26-/m0/s1. The van der Waals surface area contributed by atoms with E-state index in [-0.39, 0.29) is 38.3 Å². The topological polar surface area (TPSA) is 226 Å². The third-order valence-corrected chi connectivity index (χ3v) is 7.43. The van der Waals surface area contributed by atoms with Crippen LogP contribution in [0.2, 0.25) is 0 Å². The molecule has 2 aromatic carbocycles. The van der Waals surface area contributed by atoms with Crippen molar-refractivity contribution in [1.29, 1.82) is 0 Å². The van der Waals surface area contributed by atoms with Gasteiger partial charge in [-0.25, -0.2) is 14.4 Å². The van der Waals surface area contributed by atoms with E-state index in [4.69, 9.17) is 10.5 Å². The van der Waals surface area contributed by atoms with Gasteiger partial charge in [0.05, 0.1) is 0 Å². The first kappa shape index (κ1) is 34.4. The van der Waals surface area contributed by atoms with E-state index in [1.54, 1.807) is 13.8 Å². The van der Waals surface area contributed by atoms with E-state index in [2.05, 4.69) is 21.3 Å². The molecule has 1 aliphatic carbocycles. The van der Waals surface area contributed by atoms with Gasteiger partial charge in [-0.05, 0) is 47.4 Å². The Labute approximate surface area is 260 Å². The molecular weight excluding hydrogens is 586 g/mol. The van der Waals surface area contributed by atoms with Crippen LogP contribution < -0.4 is 27.0 Å². The van der Waals surface area contributed by atoms with Crippen LogP contribution in [-0.2, 0) is 23.9 Å². The number of hydrogen-bond donors (Lipinski definition) is 7. The first-order valence-electron chi connectivity index (χ1n) is 14.6. The molecule has 2 aromatic rings. The zero-order valence-corrected chi connectivity index (χ0v) is 25.1. The van der Waals surface area contributed by atoms with Gasteiger partial charge in [0.1, 0.15) is 24.7 Å². The molecule has 1 aliphatic rings. The lowest BCUT2D eigenvalue weighted by Gasteiger charge is -2.26. The molecule has 242 valence electrons. The van der Waals surface area contributed by atoms with Crippen molar-refractivity contribution in [2.24, 2.45) is 11.7 Å². The van der Waals surface area contributed by atoms with Crippen LogP contribution in [0.5, 0.6) is 0 Å². The molecule has 3 rings (SSSR count). The Balaban J connectivity index is 1.65. The maximum Gasteiger partial charge on any atom is 0.407 e. The number of aliphatic carboxylic acids is 2. The second-order valence-corrected chi connectivity index (χ2v) is 11.0. The first-order chi connectivity index (χ1) is 21.4. The van der Waals surface area contributed by atoms with Gasteiger partial charge >= 0.3 is 24.1 Å². The minimum Gasteiger partial charge on any atom is -0.481 e. The quantitative estimate of drug-likeness (QED) is 0.135. The first-order valence-corrected chi connectivity index (χ1v) is 14.6. The molecule has 0 saturated heterocycles. The van der Waals surface area contributed by atoms with Gasteiger partial charge in [-0.3, -0.25) is 14.4 Å². The van der Waals surface area contributed by atoms with Crippen molar-refractivity contribution < 1.29 is 43.7 Å². The Morgan fingerprint density at radius 2 is 1.42 bits per heavy atom. The van der Waals surface area contributed by atoms with Crippen molar-refractivity contribution in [2.45, 2.75) is 63.6 Å². The number of nitrogens with one attached hydrogen (secondary N) is 4. The van der Waals surface area contributed by atoms with Gasteiger partial charge < -0.3 is 42.0 Å². The van der Waals surface area contributed by atoms with Gasteiger partial charge in [-0.15, -0.1) is 0 Å². The summed E-state index contributed by atoms with van der Waals surface area (Å²) in [5.41, 5.74) is 9.04. The van der Waals surface area contributed by atoms with Crippen molar-refractivity contribution in [2.75, 3.05) is 13.2 Å². The predicted molar refractivity (Wildman–Crippen MR) is 162 cm³/mol. The second-order valence-electron chi connectivity index (χ2n) is 11.0. The van der Waals surface area contributed by atoms with Crippen molar-refractivity contribution in [3.63, 3.8) is 0 Å². The lowest BCUT2D eigenvalue weighted by molar-refractivity contribution is -0.142. The number of urea groups is 1. The van der Waals surface area contributed by atoms with Crippen molar-refractivity contribution >= 4 is 35.9 Å². The van der Waals surface area contributed by atoms with Crippen LogP contribution in [0.4, 0.5) is 9.59 Å². The number of carbonyl (C=O) groups is 6. The third kappa shape index (κ3) is 9.68. The molecule has 0 fully saturated rings. The van der Waals surface area contributed by atoms with Crippen LogP contribution in [-0.4, -0.2) is 77.4 Å². The largest absolute Gasteiger partial charge is 0.481 e. The number of benzene rings is 2. The number of carboxylic acids is 2. The van der Waals surface area contributed by atoms with Crippen molar-refractivity contribution in [3.8, 4) is 11.1 Å². The molecule has 0 heterocycles. The van der Waals surface area contributed by atoms with E-state index in [0.29, 0.717) is 0 Å². The minimum absolute atomic E-state index is 0.0231. The number of hydrogen-bond acceptors (Lipinski definition) is 7. The summed E-state index contributed by atoms with van der Waals surface area (Å²) in [7, 11) is 0. The number of primary amides is 1. The van der Waals surface area contributed by atoms with E-state index in [9.17, 15) is 39.0 Å². The van der Waals surface area contributed by atoms with Crippen molar-refractivity contribution in [3.05, 3.63) is 59.7 Å². The molecule has 8 N–H and O–H groups in total. The predicted octanol–water partition coefficient (Wildman–Crippen LogP) is 1.92. The summed E-state index contributed by atoms with van der Waals surface area (Å²) in [6, 6.07) is 10.9. The Morgan fingerprint density at radius 1 is 0.822 bits per heavy atom. The second kappa shape index (κ2) is 16.1. The molecule has 14 nitrogen and oxygen atoms in total. The van der Waals surface area contributed by atoms with Gasteiger partial charge in [0.15, 0.2) is 0 Å². The normalized spacial score (nSPS) is 13.8. The molecule has 0 radical (unpaired) electrons. The molecule has 3 atom stereocenters. The highest BCUT2D eigenvalue weighted by atomic mass is 16.5. The maximum absolute atomic E-state index is 13.3. The number of rotatable bonds is 16. The Kier molecular flexibility index (Phi) is 12.3. The van der Waals surface area contributed by atoms with Gasteiger partial charge in [0.2, 0.25) is 11.8 Å². The van der Waals surface area contributed by atoms with Gasteiger partial charge in [-0.2, -0.15) is 0 Å². The number of carboxylic acid groups (broad SMARTS) is 2. The number of carbonyl (C=O) groups excluding carboxylic acids is 4. The fourth-order valence-corrected chi connectivity index (χ4v) is 5.14. The molecule has 5 amide bonds. The smallest absolute Gasteiger partial charge is 0.407 e. The molecule has 0 spiro atoms. The van der Waals surface area contributed by atoms with Gasteiger partial charge in [-0.1, -0.05) is 62.4 Å². The van der Waals surface area contributed by atoms with Crippen LogP contribution in [0, 0.1) is 5.92 Å². The summed E-state index contributed by atoms with van der Waals surface area (Å²) in [6.45, 7) is 3.33. The highest BCUT2D eigenvalue weighted by Gasteiger charge is 2.33. The third-order valence-electron chi connectivity index (χ3n) is 7.43. The van der Waals surface area contributed by atoms with E-state index in [1.807, 2.05) is 48.5 Å². The fraction of sp³-hybridized carbons (Fsp3) is 0.419. The average molecular weight is 626 g/mol. The van der Waals surface area contributed by atoms with Crippen molar-refractivity contribution in [1.82, 2.24) is 21.3 Å².